The molecule has 0 aliphatic rings. The van der Waals surface area contributed by atoms with Crippen LogP contribution in [-0.2, 0) is 19.3 Å². The summed E-state index contributed by atoms with van der Waals surface area (Å²) in [6.07, 6.45) is 0. The number of hydrogen-bond donors (Lipinski definition) is 0. The second-order valence-electron chi connectivity index (χ2n) is 9.69. The molecule has 4 aromatic carbocycles. The second kappa shape index (κ2) is 13.3. The van der Waals surface area contributed by atoms with Gasteiger partial charge in [0.05, 0.1) is 11.4 Å². The second-order valence-corrected chi connectivity index (χ2v) is 9.69. The predicted octanol–water partition coefficient (Wildman–Crippen LogP) is 7.27. The van der Waals surface area contributed by atoms with Crippen molar-refractivity contribution in [3.8, 4) is 0 Å². The molecule has 0 aliphatic heterocycles. The quantitative estimate of drug-likeness (QED) is 0.0923. The van der Waals surface area contributed by atoms with Crippen molar-refractivity contribution in [2.45, 2.75) is 34.6 Å². The Bertz CT molecular complexity index is 1560. The fourth-order valence-electron chi connectivity index (χ4n) is 4.15. The van der Waals surface area contributed by atoms with E-state index in [-0.39, 0.29) is 5.78 Å². The predicted molar refractivity (Wildman–Crippen MR) is 164 cm³/mol. The van der Waals surface area contributed by atoms with Crippen LogP contribution in [0.3, 0.4) is 0 Å². The van der Waals surface area contributed by atoms with Crippen LogP contribution in [0, 0.1) is 6.92 Å². The van der Waals surface area contributed by atoms with Gasteiger partial charge in [0.15, 0.2) is 5.78 Å². The summed E-state index contributed by atoms with van der Waals surface area (Å²) >= 11 is 0. The summed E-state index contributed by atoms with van der Waals surface area (Å²) in [7, 11) is 0. The number of nitrogens with zero attached hydrogens (tertiary/aromatic N) is 3. The van der Waals surface area contributed by atoms with Crippen LogP contribution in [0.1, 0.15) is 60.3 Å². The fraction of sp³-hybridized carbons (Fsp3) is 0.147. The van der Waals surface area contributed by atoms with Crippen molar-refractivity contribution < 1.29 is 24.1 Å². The number of oxime groups is 2. The highest BCUT2D eigenvalue weighted by Crippen LogP contribution is 2.35. The van der Waals surface area contributed by atoms with Crippen molar-refractivity contribution in [1.29, 1.82) is 0 Å². The number of carbonyl (C=O) groups excluding carboxylic acids is 3. The van der Waals surface area contributed by atoms with Gasteiger partial charge in [-0.15, -0.1) is 0 Å². The maximum Gasteiger partial charge on any atom is 0.331 e. The molecule has 0 unspecified atom stereocenters. The summed E-state index contributed by atoms with van der Waals surface area (Å²) in [4.78, 5) is 47.0. The lowest BCUT2D eigenvalue weighted by molar-refractivity contribution is -0.141. The Hall–Kier alpha value is -5.37. The van der Waals surface area contributed by atoms with Gasteiger partial charge in [-0.25, -0.2) is 9.59 Å². The van der Waals surface area contributed by atoms with E-state index in [9.17, 15) is 14.4 Å². The Labute approximate surface area is 244 Å². The Morgan fingerprint density at radius 3 is 1.14 bits per heavy atom. The first-order valence-electron chi connectivity index (χ1n) is 13.3. The normalized spacial score (nSPS) is 11.5. The molecule has 0 radical (unpaired) electrons. The molecule has 0 fully saturated rings. The molecular weight excluding hydrogens is 530 g/mol. The number of benzene rings is 4. The summed E-state index contributed by atoms with van der Waals surface area (Å²) in [6, 6.07) is 30.3. The number of carbonyl (C=O) groups is 3. The Balaban J connectivity index is 1.69. The van der Waals surface area contributed by atoms with Crippen LogP contribution in [-0.4, -0.2) is 29.1 Å². The highest BCUT2D eigenvalue weighted by atomic mass is 16.7. The molecule has 0 bridgehead atoms. The zero-order valence-electron chi connectivity index (χ0n) is 24.1. The fourth-order valence-corrected chi connectivity index (χ4v) is 4.15. The lowest BCUT2D eigenvalue weighted by atomic mass is 10.0. The number of hydrogen-bond acceptors (Lipinski definition) is 8. The lowest BCUT2D eigenvalue weighted by Crippen LogP contribution is -2.11. The third-order valence-electron chi connectivity index (χ3n) is 6.41. The maximum absolute atomic E-state index is 13.1. The van der Waals surface area contributed by atoms with Gasteiger partial charge in [-0.2, -0.15) is 0 Å². The summed E-state index contributed by atoms with van der Waals surface area (Å²) < 4.78 is 0. The molecule has 8 nitrogen and oxygen atoms in total. The van der Waals surface area contributed by atoms with E-state index in [2.05, 4.69) is 10.3 Å². The minimum atomic E-state index is -0.488. The summed E-state index contributed by atoms with van der Waals surface area (Å²) in [5, 5.41) is 7.74. The summed E-state index contributed by atoms with van der Waals surface area (Å²) in [5.41, 5.74) is 7.59. The standard InChI is InChI=1S/C34H31N3O5/c1-22-6-8-29(9-7-22)34(40)30-14-20-33(21-15-30)37(31-16-10-27(11-17-31)23(2)35-41-25(4)38)32-18-12-28(13-19-32)24(3)36-42-26(5)39/h6-21H,1-5H3/b35-23-,36-24?. The monoisotopic (exact) mass is 561 g/mol. The number of aryl methyl sites for hydroxylation is 1. The minimum Gasteiger partial charge on any atom is -0.318 e. The first-order chi connectivity index (χ1) is 20.1. The summed E-state index contributed by atoms with van der Waals surface area (Å²) in [5.74, 6) is -1.03. The molecule has 0 aromatic heterocycles. The molecule has 0 aliphatic carbocycles. The van der Waals surface area contributed by atoms with E-state index in [1.54, 1.807) is 13.8 Å². The smallest absolute Gasteiger partial charge is 0.318 e. The highest BCUT2D eigenvalue weighted by molar-refractivity contribution is 6.09. The van der Waals surface area contributed by atoms with Crippen LogP contribution in [0.5, 0.6) is 0 Å². The summed E-state index contributed by atoms with van der Waals surface area (Å²) in [6.45, 7) is 8.10. The van der Waals surface area contributed by atoms with Crippen LogP contribution in [0.15, 0.2) is 107 Å². The van der Waals surface area contributed by atoms with Crippen LogP contribution < -0.4 is 4.90 Å². The van der Waals surface area contributed by atoms with Gasteiger partial charge in [-0.1, -0.05) is 64.4 Å². The van der Waals surface area contributed by atoms with Gasteiger partial charge in [0.25, 0.3) is 0 Å². The van der Waals surface area contributed by atoms with Crippen LogP contribution in [0.2, 0.25) is 0 Å². The molecule has 0 saturated carbocycles. The van der Waals surface area contributed by atoms with Gasteiger partial charge in [0.2, 0.25) is 0 Å². The maximum atomic E-state index is 13.1. The van der Waals surface area contributed by atoms with Crippen LogP contribution in [0.25, 0.3) is 0 Å². The van der Waals surface area contributed by atoms with Crippen molar-refractivity contribution in [3.63, 3.8) is 0 Å². The number of ketones is 1. The molecule has 212 valence electrons. The van der Waals surface area contributed by atoms with Crippen molar-refractivity contribution in [1.82, 2.24) is 0 Å². The molecule has 42 heavy (non-hydrogen) atoms. The average Bonchev–Trinajstić information content (AvgIpc) is 3.00. The topological polar surface area (TPSA) is 97.6 Å². The Morgan fingerprint density at radius 1 is 0.500 bits per heavy atom. The Kier molecular flexibility index (Phi) is 9.39. The largest absolute Gasteiger partial charge is 0.331 e. The molecule has 0 heterocycles. The molecule has 0 saturated heterocycles. The molecule has 8 heteroatoms. The van der Waals surface area contributed by atoms with Gasteiger partial charge in [0.1, 0.15) is 0 Å². The van der Waals surface area contributed by atoms with Crippen molar-refractivity contribution in [3.05, 3.63) is 125 Å². The molecule has 0 amide bonds. The van der Waals surface area contributed by atoms with Gasteiger partial charge >= 0.3 is 11.9 Å². The third-order valence-corrected chi connectivity index (χ3v) is 6.41. The molecule has 0 N–H and O–H groups in total. The van der Waals surface area contributed by atoms with Crippen LogP contribution >= 0.6 is 0 Å². The molecule has 0 spiro atoms. The highest BCUT2D eigenvalue weighted by Gasteiger charge is 2.15. The van der Waals surface area contributed by atoms with Crippen molar-refractivity contribution >= 4 is 46.2 Å². The first-order valence-corrected chi connectivity index (χ1v) is 13.3. The van der Waals surface area contributed by atoms with E-state index in [1.807, 2.05) is 109 Å². The average molecular weight is 562 g/mol. The molecule has 0 atom stereocenters. The van der Waals surface area contributed by atoms with E-state index in [1.165, 1.54) is 13.8 Å². The minimum absolute atomic E-state index is 0.0492. The Morgan fingerprint density at radius 2 is 0.810 bits per heavy atom. The van der Waals surface area contributed by atoms with Crippen molar-refractivity contribution in [2.24, 2.45) is 10.3 Å². The molecule has 4 aromatic rings. The lowest BCUT2D eigenvalue weighted by Gasteiger charge is -2.26. The van der Waals surface area contributed by atoms with E-state index >= 15 is 0 Å². The third kappa shape index (κ3) is 7.42. The zero-order chi connectivity index (χ0) is 30.2. The number of anilines is 3. The van der Waals surface area contributed by atoms with E-state index in [0.717, 1.165) is 33.8 Å². The number of rotatable bonds is 9. The van der Waals surface area contributed by atoms with Crippen LogP contribution in [0.4, 0.5) is 17.1 Å². The van der Waals surface area contributed by atoms with Gasteiger partial charge < -0.3 is 14.6 Å². The van der Waals surface area contributed by atoms with Gasteiger partial charge in [0, 0.05) is 42.0 Å². The van der Waals surface area contributed by atoms with E-state index < -0.39 is 11.9 Å². The van der Waals surface area contributed by atoms with E-state index in [4.69, 9.17) is 9.68 Å². The molecular formula is C34H31N3O5. The zero-order valence-corrected chi connectivity index (χ0v) is 24.1. The SMILES string of the molecule is CC(=O)ON=C(C)c1ccc(N(c2ccc(C(=O)c3ccc(C)cc3)cc2)c2ccc(/C(C)=N\OC(C)=O)cc2)cc1. The van der Waals surface area contributed by atoms with Gasteiger partial charge in [-0.3, -0.25) is 4.79 Å². The molecule has 4 rings (SSSR count). The first kappa shape index (κ1) is 29.6. The van der Waals surface area contributed by atoms with E-state index in [0.29, 0.717) is 22.6 Å². The van der Waals surface area contributed by atoms with Crippen molar-refractivity contribution in [2.75, 3.05) is 4.90 Å². The van der Waals surface area contributed by atoms with Gasteiger partial charge in [-0.05, 0) is 80.4 Å².